The van der Waals surface area contributed by atoms with E-state index in [2.05, 4.69) is 40.9 Å². The molecule has 2 aromatic heterocycles. The molecule has 1 saturated heterocycles. The average Bonchev–Trinajstić information content (AvgIpc) is 3.45. The van der Waals surface area contributed by atoms with Gasteiger partial charge >= 0.3 is 0 Å². The largest absolute Gasteiger partial charge is 0.459 e. The number of likely N-dealkylation sites (tertiary alicyclic amines) is 1. The van der Waals surface area contributed by atoms with E-state index in [4.69, 9.17) is 4.42 Å². The number of amides is 2. The number of hydrogen-bond acceptors (Lipinski definition) is 5. The van der Waals surface area contributed by atoms with Gasteiger partial charge in [-0.05, 0) is 60.5 Å². The van der Waals surface area contributed by atoms with Crippen molar-refractivity contribution in [2.45, 2.75) is 38.8 Å². The van der Waals surface area contributed by atoms with E-state index in [9.17, 15) is 9.59 Å². The van der Waals surface area contributed by atoms with Crippen LogP contribution in [0.2, 0.25) is 0 Å². The van der Waals surface area contributed by atoms with Gasteiger partial charge in [0.05, 0.1) is 12.3 Å². The number of nitrogens with zero attached hydrogens (tertiary/aromatic N) is 2. The second kappa shape index (κ2) is 9.19. The summed E-state index contributed by atoms with van der Waals surface area (Å²) in [5, 5.41) is 7.29. The molecular formula is C20H27N3O3S. The highest BCUT2D eigenvalue weighted by atomic mass is 32.1. The van der Waals surface area contributed by atoms with Crippen LogP contribution in [-0.2, 0) is 4.79 Å². The molecule has 27 heavy (non-hydrogen) atoms. The molecule has 3 rings (SSSR count). The molecule has 0 saturated carbocycles. The molecule has 0 aromatic carbocycles. The number of likely N-dealkylation sites (N-methyl/N-ethyl adjacent to an activating group) is 1. The van der Waals surface area contributed by atoms with Crippen LogP contribution in [0.1, 0.15) is 48.8 Å². The van der Waals surface area contributed by atoms with Gasteiger partial charge in [-0.1, -0.05) is 13.8 Å². The lowest BCUT2D eigenvalue weighted by atomic mass is 10.1. The van der Waals surface area contributed by atoms with Crippen LogP contribution < -0.4 is 5.32 Å². The van der Waals surface area contributed by atoms with Crippen molar-refractivity contribution in [2.24, 2.45) is 0 Å². The summed E-state index contributed by atoms with van der Waals surface area (Å²) in [5.41, 5.74) is 1.22. The Hall–Kier alpha value is -2.12. The van der Waals surface area contributed by atoms with Gasteiger partial charge in [-0.15, -0.1) is 0 Å². The molecule has 0 aliphatic carbocycles. The molecule has 7 heteroatoms. The molecule has 2 atom stereocenters. The molecule has 1 unspecified atom stereocenters. The van der Waals surface area contributed by atoms with Gasteiger partial charge in [0.2, 0.25) is 5.91 Å². The molecular weight excluding hydrogens is 362 g/mol. The highest BCUT2D eigenvalue weighted by molar-refractivity contribution is 7.07. The van der Waals surface area contributed by atoms with Crippen LogP contribution in [0.3, 0.4) is 0 Å². The monoisotopic (exact) mass is 389 g/mol. The molecule has 1 fully saturated rings. The van der Waals surface area contributed by atoms with Crippen molar-refractivity contribution in [2.75, 3.05) is 26.2 Å². The standard InChI is InChI=1S/C20H27N3O3S/c1-3-22(4-2)17(15-9-12-27-14-15)13-21-19(24)16-7-5-10-23(16)20(25)18-8-6-11-26-18/h6,8-9,11-12,14,16-17H,3-5,7,10,13H2,1-2H3,(H,21,24)/t16-,17?/m0/s1. The number of rotatable bonds is 8. The van der Waals surface area contributed by atoms with Crippen molar-refractivity contribution in [1.29, 1.82) is 0 Å². The lowest BCUT2D eigenvalue weighted by molar-refractivity contribution is -0.125. The van der Waals surface area contributed by atoms with Gasteiger partial charge in [-0.25, -0.2) is 0 Å². The van der Waals surface area contributed by atoms with Crippen LogP contribution >= 0.6 is 11.3 Å². The van der Waals surface area contributed by atoms with E-state index >= 15 is 0 Å². The van der Waals surface area contributed by atoms with Gasteiger partial charge in [0, 0.05) is 13.1 Å². The Kier molecular flexibility index (Phi) is 6.68. The van der Waals surface area contributed by atoms with E-state index in [1.165, 1.54) is 11.8 Å². The maximum absolute atomic E-state index is 12.9. The molecule has 1 aliphatic rings. The zero-order valence-electron chi connectivity index (χ0n) is 15.9. The van der Waals surface area contributed by atoms with Crippen LogP contribution in [0.15, 0.2) is 39.6 Å². The molecule has 0 radical (unpaired) electrons. The summed E-state index contributed by atoms with van der Waals surface area (Å²) in [6.07, 6.45) is 3.00. The summed E-state index contributed by atoms with van der Waals surface area (Å²) in [7, 11) is 0. The zero-order chi connectivity index (χ0) is 19.2. The minimum atomic E-state index is -0.428. The number of furan rings is 1. The second-order valence-electron chi connectivity index (χ2n) is 6.67. The summed E-state index contributed by atoms with van der Waals surface area (Å²) in [5.74, 6) is -0.00967. The number of thiophene rings is 1. The van der Waals surface area contributed by atoms with Crippen LogP contribution in [0.25, 0.3) is 0 Å². The van der Waals surface area contributed by atoms with Crippen molar-refractivity contribution in [3.63, 3.8) is 0 Å². The molecule has 6 nitrogen and oxygen atoms in total. The first-order valence-corrected chi connectivity index (χ1v) is 10.5. The Bertz CT molecular complexity index is 726. The number of carbonyl (C=O) groups excluding carboxylic acids is 2. The van der Waals surface area contributed by atoms with E-state index in [-0.39, 0.29) is 23.6 Å². The van der Waals surface area contributed by atoms with Crippen molar-refractivity contribution in [3.8, 4) is 0 Å². The fourth-order valence-corrected chi connectivity index (χ4v) is 4.43. The molecule has 2 aromatic rings. The van der Waals surface area contributed by atoms with E-state index in [1.807, 2.05) is 0 Å². The van der Waals surface area contributed by atoms with Crippen LogP contribution in [0.5, 0.6) is 0 Å². The Labute approximate surface area is 164 Å². The number of carbonyl (C=O) groups is 2. The maximum atomic E-state index is 12.9. The van der Waals surface area contributed by atoms with E-state index < -0.39 is 6.04 Å². The van der Waals surface area contributed by atoms with Crippen LogP contribution in [0, 0.1) is 0 Å². The molecule has 1 N–H and O–H groups in total. The van der Waals surface area contributed by atoms with Gasteiger partial charge in [0.25, 0.3) is 5.91 Å². The molecule has 1 aliphatic heterocycles. The molecule has 0 spiro atoms. The normalized spacial score (nSPS) is 18.0. The number of nitrogens with one attached hydrogen (secondary N) is 1. The molecule has 3 heterocycles. The van der Waals surface area contributed by atoms with Crippen molar-refractivity contribution < 1.29 is 14.0 Å². The summed E-state index contributed by atoms with van der Waals surface area (Å²) in [6.45, 7) is 7.22. The minimum absolute atomic E-state index is 0.0835. The fourth-order valence-electron chi connectivity index (χ4n) is 3.73. The minimum Gasteiger partial charge on any atom is -0.459 e. The maximum Gasteiger partial charge on any atom is 0.290 e. The second-order valence-corrected chi connectivity index (χ2v) is 7.45. The van der Waals surface area contributed by atoms with Gasteiger partial charge in [0.1, 0.15) is 6.04 Å². The van der Waals surface area contributed by atoms with Gasteiger partial charge in [-0.3, -0.25) is 14.5 Å². The Morgan fingerprint density at radius 1 is 1.37 bits per heavy atom. The summed E-state index contributed by atoms with van der Waals surface area (Å²) in [4.78, 5) is 29.4. The fraction of sp³-hybridized carbons (Fsp3) is 0.500. The quantitative estimate of drug-likeness (QED) is 0.753. The Morgan fingerprint density at radius 3 is 2.81 bits per heavy atom. The highest BCUT2D eigenvalue weighted by Gasteiger charge is 2.35. The third kappa shape index (κ3) is 4.42. The van der Waals surface area contributed by atoms with Crippen molar-refractivity contribution in [1.82, 2.24) is 15.1 Å². The van der Waals surface area contributed by atoms with Crippen molar-refractivity contribution >= 4 is 23.2 Å². The average molecular weight is 390 g/mol. The smallest absolute Gasteiger partial charge is 0.290 e. The SMILES string of the molecule is CCN(CC)C(CNC(=O)[C@@H]1CCCN1C(=O)c1ccco1)c1ccsc1. The summed E-state index contributed by atoms with van der Waals surface area (Å²) < 4.78 is 5.22. The predicted octanol–water partition coefficient (Wildman–Crippen LogP) is 3.15. The van der Waals surface area contributed by atoms with Crippen LogP contribution in [-0.4, -0.2) is 53.8 Å². The summed E-state index contributed by atoms with van der Waals surface area (Å²) in [6, 6.07) is 5.16. The van der Waals surface area contributed by atoms with E-state index in [1.54, 1.807) is 28.4 Å². The summed E-state index contributed by atoms with van der Waals surface area (Å²) >= 11 is 1.67. The first-order valence-electron chi connectivity index (χ1n) is 9.54. The van der Waals surface area contributed by atoms with Crippen molar-refractivity contribution in [3.05, 3.63) is 46.5 Å². The Morgan fingerprint density at radius 2 is 2.19 bits per heavy atom. The highest BCUT2D eigenvalue weighted by Crippen LogP contribution is 2.24. The Balaban J connectivity index is 1.65. The topological polar surface area (TPSA) is 65.8 Å². The first-order chi connectivity index (χ1) is 13.2. The first kappa shape index (κ1) is 19.6. The van der Waals surface area contributed by atoms with Gasteiger partial charge in [0.15, 0.2) is 5.76 Å². The third-order valence-electron chi connectivity index (χ3n) is 5.20. The zero-order valence-corrected chi connectivity index (χ0v) is 16.7. The van der Waals surface area contributed by atoms with E-state index in [0.717, 1.165) is 19.5 Å². The van der Waals surface area contributed by atoms with Gasteiger partial charge < -0.3 is 14.6 Å². The molecule has 0 bridgehead atoms. The molecule has 146 valence electrons. The van der Waals surface area contributed by atoms with Gasteiger partial charge in [-0.2, -0.15) is 11.3 Å². The predicted molar refractivity (Wildman–Crippen MR) is 106 cm³/mol. The number of hydrogen-bond donors (Lipinski definition) is 1. The lowest BCUT2D eigenvalue weighted by Crippen LogP contribution is -2.48. The van der Waals surface area contributed by atoms with Crippen LogP contribution in [0.4, 0.5) is 0 Å². The van der Waals surface area contributed by atoms with E-state index in [0.29, 0.717) is 19.5 Å². The lowest BCUT2D eigenvalue weighted by Gasteiger charge is -2.30. The molecule has 2 amide bonds. The third-order valence-corrected chi connectivity index (χ3v) is 5.90.